The van der Waals surface area contributed by atoms with Crippen molar-refractivity contribution >= 4 is 11.8 Å². The summed E-state index contributed by atoms with van der Waals surface area (Å²) in [6, 6.07) is 0. The highest BCUT2D eigenvalue weighted by atomic mass is 19.4. The second-order valence-electron chi connectivity index (χ2n) is 5.71. The number of ether oxygens (including phenoxy) is 2. The molecule has 0 aromatic carbocycles. The summed E-state index contributed by atoms with van der Waals surface area (Å²) in [7, 11) is 1.12. The lowest BCUT2D eigenvalue weighted by Crippen LogP contribution is -2.66. The summed E-state index contributed by atoms with van der Waals surface area (Å²) in [5.41, 5.74) is -1.58. The topological polar surface area (TPSA) is 64.5 Å². The fourth-order valence-electron chi connectivity index (χ4n) is 2.83. The van der Waals surface area contributed by atoms with Crippen LogP contribution in [0.2, 0.25) is 0 Å². The first-order valence-electron chi connectivity index (χ1n) is 6.63. The Balaban J connectivity index is 1.99. The highest BCUT2D eigenvalue weighted by Crippen LogP contribution is 2.42. The van der Waals surface area contributed by atoms with E-state index in [9.17, 15) is 18.0 Å². The predicted molar refractivity (Wildman–Crippen MR) is 68.6 cm³/mol. The molecule has 2 fully saturated rings. The minimum Gasteiger partial charge on any atom is -0.465 e. The van der Waals surface area contributed by atoms with Crippen molar-refractivity contribution in [2.24, 2.45) is 5.41 Å². The quantitative estimate of drug-likeness (QED) is 0.769. The molecular weight excluding hydrogens is 303 g/mol. The summed E-state index contributed by atoms with van der Waals surface area (Å²) < 4.78 is 48.5. The highest BCUT2D eigenvalue weighted by molar-refractivity contribution is 5.96. The predicted octanol–water partition coefficient (Wildman–Crippen LogP) is 1.43. The van der Waals surface area contributed by atoms with Gasteiger partial charge in [0.05, 0.1) is 25.7 Å². The number of halogens is 3. The van der Waals surface area contributed by atoms with Crippen molar-refractivity contribution in [3.63, 3.8) is 0 Å². The van der Waals surface area contributed by atoms with E-state index in [0.29, 0.717) is 26.3 Å². The number of carbonyl (C=O) groups is 1. The van der Waals surface area contributed by atoms with Gasteiger partial charge in [-0.25, -0.2) is 4.79 Å². The second kappa shape index (κ2) is 4.80. The van der Waals surface area contributed by atoms with Crippen molar-refractivity contribution < 1.29 is 27.4 Å². The average molecular weight is 317 g/mol. The van der Waals surface area contributed by atoms with E-state index in [1.165, 1.54) is 6.92 Å². The molecule has 3 heterocycles. The number of aromatic nitrogens is 2. The third-order valence-corrected chi connectivity index (χ3v) is 4.03. The molecule has 9 heteroatoms. The van der Waals surface area contributed by atoms with Gasteiger partial charge in [0.15, 0.2) is 11.5 Å². The van der Waals surface area contributed by atoms with Crippen LogP contribution in [0.25, 0.3) is 0 Å². The zero-order valence-electron chi connectivity index (χ0n) is 12.0. The van der Waals surface area contributed by atoms with Crippen molar-refractivity contribution in [2.75, 3.05) is 38.3 Å². The largest absolute Gasteiger partial charge is 0.465 e. The van der Waals surface area contributed by atoms with Gasteiger partial charge in [0.1, 0.15) is 5.56 Å². The molecule has 0 N–H and O–H groups in total. The van der Waals surface area contributed by atoms with Gasteiger partial charge >= 0.3 is 12.1 Å². The van der Waals surface area contributed by atoms with E-state index in [0.717, 1.165) is 7.11 Å². The Morgan fingerprint density at radius 2 is 1.95 bits per heavy atom. The summed E-state index contributed by atoms with van der Waals surface area (Å²) in [5, 5.41) is 6.90. The molecule has 0 saturated carbocycles. The lowest BCUT2D eigenvalue weighted by molar-refractivity contribution is -0.142. The summed E-state index contributed by atoms with van der Waals surface area (Å²) in [4.78, 5) is 13.6. The van der Waals surface area contributed by atoms with Crippen LogP contribution in [-0.2, 0) is 15.7 Å². The number of esters is 1. The smallest absolute Gasteiger partial charge is 0.435 e. The maximum absolute atomic E-state index is 12.9. The fraction of sp³-hybridized carbons (Fsp3) is 0.615. The molecule has 0 aliphatic carbocycles. The molecule has 0 amide bonds. The summed E-state index contributed by atoms with van der Waals surface area (Å²) >= 11 is 0. The SMILES string of the molecule is COC(=O)c1c(N2CC3(COC3)C2)nnc(C(F)(F)F)c1C. The van der Waals surface area contributed by atoms with Gasteiger partial charge in [0.2, 0.25) is 0 Å². The van der Waals surface area contributed by atoms with Crippen LogP contribution in [0.15, 0.2) is 0 Å². The number of methoxy groups -OCH3 is 1. The van der Waals surface area contributed by atoms with E-state index in [4.69, 9.17) is 4.74 Å². The maximum atomic E-state index is 12.9. The van der Waals surface area contributed by atoms with Crippen LogP contribution in [-0.4, -0.2) is 49.6 Å². The summed E-state index contributed by atoms with van der Waals surface area (Å²) in [6.45, 7) is 3.59. The van der Waals surface area contributed by atoms with Crippen LogP contribution in [0.5, 0.6) is 0 Å². The molecule has 0 bridgehead atoms. The van der Waals surface area contributed by atoms with Gasteiger partial charge in [0.25, 0.3) is 0 Å². The number of carbonyl (C=O) groups excluding carboxylic acids is 1. The van der Waals surface area contributed by atoms with E-state index in [-0.39, 0.29) is 22.4 Å². The maximum Gasteiger partial charge on any atom is 0.435 e. The molecule has 2 saturated heterocycles. The number of hydrogen-bond acceptors (Lipinski definition) is 6. The van der Waals surface area contributed by atoms with E-state index in [1.54, 1.807) is 4.90 Å². The van der Waals surface area contributed by atoms with Crippen molar-refractivity contribution in [2.45, 2.75) is 13.1 Å². The van der Waals surface area contributed by atoms with Crippen molar-refractivity contribution in [3.05, 3.63) is 16.8 Å². The van der Waals surface area contributed by atoms with Gasteiger partial charge in [-0.1, -0.05) is 0 Å². The van der Waals surface area contributed by atoms with E-state index in [2.05, 4.69) is 14.9 Å². The molecule has 120 valence electrons. The molecule has 3 rings (SSSR count). The first-order valence-corrected chi connectivity index (χ1v) is 6.63. The van der Waals surface area contributed by atoms with E-state index in [1.807, 2.05) is 0 Å². The van der Waals surface area contributed by atoms with Crippen LogP contribution in [0.3, 0.4) is 0 Å². The molecule has 0 radical (unpaired) electrons. The van der Waals surface area contributed by atoms with Crippen LogP contribution < -0.4 is 4.90 Å². The average Bonchev–Trinajstić information content (AvgIpc) is 2.33. The van der Waals surface area contributed by atoms with Crippen LogP contribution in [0, 0.1) is 12.3 Å². The van der Waals surface area contributed by atoms with Crippen molar-refractivity contribution in [1.29, 1.82) is 0 Å². The molecule has 2 aliphatic rings. The van der Waals surface area contributed by atoms with Crippen LogP contribution >= 0.6 is 0 Å². The van der Waals surface area contributed by atoms with Gasteiger partial charge in [-0.05, 0) is 6.92 Å². The lowest BCUT2D eigenvalue weighted by atomic mass is 9.78. The van der Waals surface area contributed by atoms with Crippen LogP contribution in [0.1, 0.15) is 21.6 Å². The van der Waals surface area contributed by atoms with Gasteiger partial charge < -0.3 is 14.4 Å². The van der Waals surface area contributed by atoms with Crippen molar-refractivity contribution in [3.8, 4) is 0 Å². The summed E-state index contributed by atoms with van der Waals surface area (Å²) in [6.07, 6.45) is -4.67. The van der Waals surface area contributed by atoms with Gasteiger partial charge in [-0.2, -0.15) is 13.2 Å². The normalized spacial score (nSPS) is 19.6. The lowest BCUT2D eigenvalue weighted by Gasteiger charge is -2.55. The number of alkyl halides is 3. The zero-order chi connectivity index (χ0) is 16.1. The van der Waals surface area contributed by atoms with E-state index < -0.39 is 17.8 Å². The number of nitrogens with zero attached hydrogens (tertiary/aromatic N) is 3. The molecule has 0 unspecified atom stereocenters. The zero-order valence-corrected chi connectivity index (χ0v) is 12.0. The van der Waals surface area contributed by atoms with Crippen LogP contribution in [0.4, 0.5) is 19.0 Å². The Kier molecular flexibility index (Phi) is 3.28. The molecule has 6 nitrogen and oxygen atoms in total. The Morgan fingerprint density at radius 3 is 2.41 bits per heavy atom. The molecule has 0 atom stereocenters. The highest BCUT2D eigenvalue weighted by Gasteiger charge is 2.51. The minimum atomic E-state index is -4.67. The Morgan fingerprint density at radius 1 is 1.32 bits per heavy atom. The Labute approximate surface area is 124 Å². The monoisotopic (exact) mass is 317 g/mol. The minimum absolute atomic E-state index is 0.0334. The molecule has 22 heavy (non-hydrogen) atoms. The molecule has 2 aliphatic heterocycles. The standard InChI is InChI=1S/C13H14F3N3O3/c1-7-8(11(20)21-2)10(18-17-9(7)13(14,15)16)19-3-12(4-19)5-22-6-12/h3-6H2,1-2H3. The van der Waals surface area contributed by atoms with Gasteiger partial charge in [-0.3, -0.25) is 0 Å². The number of anilines is 1. The molecule has 1 aromatic rings. The molecular formula is C13H14F3N3O3. The number of rotatable bonds is 2. The Hall–Kier alpha value is -1.90. The second-order valence-corrected chi connectivity index (χ2v) is 5.71. The fourth-order valence-corrected chi connectivity index (χ4v) is 2.83. The third-order valence-electron chi connectivity index (χ3n) is 4.03. The first kappa shape index (κ1) is 15.0. The van der Waals surface area contributed by atoms with E-state index >= 15 is 0 Å². The molecule has 1 spiro atoms. The molecule has 1 aromatic heterocycles. The van der Waals surface area contributed by atoms with Gasteiger partial charge in [-0.15, -0.1) is 10.2 Å². The number of hydrogen-bond donors (Lipinski definition) is 0. The van der Waals surface area contributed by atoms with Crippen molar-refractivity contribution in [1.82, 2.24) is 10.2 Å². The summed E-state index contributed by atoms with van der Waals surface area (Å²) in [5.74, 6) is -0.714. The Bertz CT molecular complexity index is 621. The first-order chi connectivity index (χ1) is 10.3. The third kappa shape index (κ3) is 2.20. The van der Waals surface area contributed by atoms with Gasteiger partial charge in [0, 0.05) is 18.7 Å².